The molecule has 0 aromatic carbocycles. The number of azide groups is 1. The summed E-state index contributed by atoms with van der Waals surface area (Å²) in [5.74, 6) is -0.909. The van der Waals surface area contributed by atoms with Crippen molar-refractivity contribution in [2.75, 3.05) is 6.54 Å². The molecule has 1 aliphatic heterocycles. The van der Waals surface area contributed by atoms with Crippen LogP contribution < -0.4 is 0 Å². The van der Waals surface area contributed by atoms with Crippen LogP contribution in [-0.4, -0.2) is 42.0 Å². The lowest BCUT2D eigenvalue weighted by molar-refractivity contribution is -0.156. The number of rotatable bonds is 4. The number of carbonyl (C=O) groups is 1. The van der Waals surface area contributed by atoms with Gasteiger partial charge < -0.3 is 19.4 Å². The first kappa shape index (κ1) is 11.9. The molecule has 0 aliphatic carbocycles. The van der Waals surface area contributed by atoms with E-state index in [1.165, 1.54) is 0 Å². The molecule has 0 radical (unpaired) electrons. The molecule has 3 atom stereocenters. The fraction of sp³-hybridized carbons (Fsp3) is 0.875. The Balaban J connectivity index is 2.67. The van der Waals surface area contributed by atoms with Gasteiger partial charge in [-0.25, -0.2) is 0 Å². The van der Waals surface area contributed by atoms with E-state index in [9.17, 15) is 9.90 Å². The summed E-state index contributed by atoms with van der Waals surface area (Å²) in [6.07, 6.45) is -2.09. The third kappa shape index (κ3) is 2.90. The molecule has 0 saturated carbocycles. The van der Waals surface area contributed by atoms with Gasteiger partial charge in [-0.1, -0.05) is 5.11 Å². The van der Waals surface area contributed by atoms with Gasteiger partial charge in [0.1, 0.15) is 12.2 Å². The third-order valence-corrected chi connectivity index (χ3v) is 2.01. The van der Waals surface area contributed by atoms with Crippen molar-refractivity contribution in [2.24, 2.45) is 5.11 Å². The molecule has 7 heteroatoms. The highest BCUT2D eigenvalue weighted by atomic mass is 16.8. The number of aliphatic hydroxyl groups is 1. The van der Waals surface area contributed by atoms with Crippen LogP contribution in [0.1, 0.15) is 13.8 Å². The first-order valence-electron chi connectivity index (χ1n) is 4.50. The SMILES string of the molecule is CC1(C)O[C@H]([C@H](O)CN=[N+]=[N-])[C@H](C=O)O1. The molecule has 0 amide bonds. The molecular weight excluding hydrogens is 202 g/mol. The second-order valence-electron chi connectivity index (χ2n) is 3.68. The molecule has 1 saturated heterocycles. The van der Waals surface area contributed by atoms with Crippen molar-refractivity contribution in [3.8, 4) is 0 Å². The molecule has 0 bridgehead atoms. The van der Waals surface area contributed by atoms with Crippen molar-refractivity contribution < 1.29 is 19.4 Å². The first-order valence-corrected chi connectivity index (χ1v) is 4.50. The largest absolute Gasteiger partial charge is 0.390 e. The number of hydrogen-bond acceptors (Lipinski definition) is 5. The number of hydrogen-bond donors (Lipinski definition) is 1. The molecule has 1 N–H and O–H groups in total. The standard InChI is InChI=1S/C8H13N3O4/c1-8(2)14-6(4-12)7(15-8)5(13)3-10-11-9/h4-7,13H,3H2,1-2H3/t5-,6+,7-/m1/s1. The maximum atomic E-state index is 10.7. The van der Waals surface area contributed by atoms with E-state index in [2.05, 4.69) is 10.0 Å². The van der Waals surface area contributed by atoms with Gasteiger partial charge in [-0.15, -0.1) is 0 Å². The summed E-state index contributed by atoms with van der Waals surface area (Å²) in [5.41, 5.74) is 8.09. The predicted octanol–water partition coefficient (Wildman–Crippen LogP) is 0.377. The smallest absolute Gasteiger partial charge is 0.164 e. The average molecular weight is 215 g/mol. The highest BCUT2D eigenvalue weighted by Crippen LogP contribution is 2.29. The molecule has 0 aromatic heterocycles. The van der Waals surface area contributed by atoms with Crippen molar-refractivity contribution in [3.05, 3.63) is 10.4 Å². The summed E-state index contributed by atoms with van der Waals surface area (Å²) in [6.45, 7) is 3.14. The maximum absolute atomic E-state index is 10.7. The Morgan fingerprint density at radius 1 is 1.67 bits per heavy atom. The summed E-state index contributed by atoms with van der Waals surface area (Å²) >= 11 is 0. The van der Waals surface area contributed by atoms with Gasteiger partial charge in [0.05, 0.1) is 12.6 Å². The Morgan fingerprint density at radius 3 is 2.87 bits per heavy atom. The summed E-state index contributed by atoms with van der Waals surface area (Å²) in [7, 11) is 0. The lowest BCUT2D eigenvalue weighted by Crippen LogP contribution is -2.38. The quantitative estimate of drug-likeness (QED) is 0.316. The van der Waals surface area contributed by atoms with E-state index in [0.717, 1.165) is 0 Å². The Labute approximate surface area is 86.6 Å². The Morgan fingerprint density at radius 2 is 2.33 bits per heavy atom. The topological polar surface area (TPSA) is 105 Å². The molecule has 7 nitrogen and oxygen atoms in total. The fourth-order valence-corrected chi connectivity index (χ4v) is 1.44. The zero-order valence-corrected chi connectivity index (χ0v) is 8.53. The summed E-state index contributed by atoms with van der Waals surface area (Å²) in [6, 6.07) is 0. The zero-order chi connectivity index (χ0) is 11.5. The molecule has 1 rings (SSSR count). The Kier molecular flexibility index (Phi) is 3.65. The average Bonchev–Trinajstić information content (AvgIpc) is 2.50. The van der Waals surface area contributed by atoms with E-state index in [-0.39, 0.29) is 6.54 Å². The van der Waals surface area contributed by atoms with Crippen molar-refractivity contribution in [1.29, 1.82) is 0 Å². The number of ether oxygens (including phenoxy) is 2. The van der Waals surface area contributed by atoms with Crippen LogP contribution in [0.5, 0.6) is 0 Å². The van der Waals surface area contributed by atoms with Crippen LogP contribution in [0.3, 0.4) is 0 Å². The van der Waals surface area contributed by atoms with E-state index in [1.54, 1.807) is 13.8 Å². The van der Waals surface area contributed by atoms with Gasteiger partial charge in [0.2, 0.25) is 0 Å². The van der Waals surface area contributed by atoms with Gasteiger partial charge >= 0.3 is 0 Å². The molecule has 0 aromatic rings. The Hall–Kier alpha value is -1.14. The monoisotopic (exact) mass is 215 g/mol. The van der Waals surface area contributed by atoms with Crippen LogP contribution in [0.25, 0.3) is 10.4 Å². The molecule has 1 heterocycles. The van der Waals surface area contributed by atoms with Crippen molar-refractivity contribution in [3.63, 3.8) is 0 Å². The minimum atomic E-state index is -1.04. The van der Waals surface area contributed by atoms with Gasteiger partial charge in [-0.05, 0) is 19.4 Å². The molecule has 0 unspecified atom stereocenters. The summed E-state index contributed by atoms with van der Waals surface area (Å²) < 4.78 is 10.6. The number of aliphatic hydroxyl groups excluding tert-OH is 1. The van der Waals surface area contributed by atoms with Crippen molar-refractivity contribution in [1.82, 2.24) is 0 Å². The normalized spacial score (nSPS) is 30.6. The minimum Gasteiger partial charge on any atom is -0.390 e. The predicted molar refractivity (Wildman–Crippen MR) is 49.9 cm³/mol. The van der Waals surface area contributed by atoms with Gasteiger partial charge in [-0.3, -0.25) is 0 Å². The fourth-order valence-electron chi connectivity index (χ4n) is 1.44. The minimum absolute atomic E-state index is 0.148. The van der Waals surface area contributed by atoms with Crippen molar-refractivity contribution in [2.45, 2.75) is 37.9 Å². The van der Waals surface area contributed by atoms with Crippen LogP contribution >= 0.6 is 0 Å². The van der Waals surface area contributed by atoms with Gasteiger partial charge in [-0.2, -0.15) is 0 Å². The van der Waals surface area contributed by atoms with E-state index >= 15 is 0 Å². The highest BCUT2D eigenvalue weighted by molar-refractivity contribution is 5.58. The van der Waals surface area contributed by atoms with E-state index < -0.39 is 24.1 Å². The van der Waals surface area contributed by atoms with Crippen LogP contribution in [0.2, 0.25) is 0 Å². The summed E-state index contributed by atoms with van der Waals surface area (Å²) in [4.78, 5) is 13.2. The first-order chi connectivity index (χ1) is 7.00. The van der Waals surface area contributed by atoms with Crippen LogP contribution in [0.15, 0.2) is 5.11 Å². The molecular formula is C8H13N3O4. The lowest BCUT2D eigenvalue weighted by atomic mass is 10.1. The summed E-state index contributed by atoms with van der Waals surface area (Å²) in [5, 5.41) is 12.8. The van der Waals surface area contributed by atoms with Crippen LogP contribution in [0.4, 0.5) is 0 Å². The molecule has 1 aliphatic rings. The Bertz CT molecular complexity index is 288. The van der Waals surface area contributed by atoms with Crippen LogP contribution in [0, 0.1) is 0 Å². The van der Waals surface area contributed by atoms with E-state index in [4.69, 9.17) is 15.0 Å². The highest BCUT2D eigenvalue weighted by Gasteiger charge is 2.44. The molecule has 1 fully saturated rings. The molecule has 0 spiro atoms. The number of nitrogens with zero attached hydrogens (tertiary/aromatic N) is 3. The zero-order valence-electron chi connectivity index (χ0n) is 8.53. The van der Waals surface area contributed by atoms with Gasteiger partial charge in [0, 0.05) is 4.91 Å². The molecule has 84 valence electrons. The maximum Gasteiger partial charge on any atom is 0.164 e. The van der Waals surface area contributed by atoms with Crippen LogP contribution in [-0.2, 0) is 14.3 Å². The van der Waals surface area contributed by atoms with Gasteiger partial charge in [0.15, 0.2) is 12.1 Å². The molecule has 15 heavy (non-hydrogen) atoms. The van der Waals surface area contributed by atoms with Crippen molar-refractivity contribution >= 4 is 6.29 Å². The number of carbonyl (C=O) groups excluding carboxylic acids is 1. The lowest BCUT2D eigenvalue weighted by Gasteiger charge is -2.19. The second-order valence-corrected chi connectivity index (χ2v) is 3.68. The number of aldehydes is 1. The second kappa shape index (κ2) is 4.59. The van der Waals surface area contributed by atoms with Gasteiger partial charge in [0.25, 0.3) is 0 Å². The van der Waals surface area contributed by atoms with E-state index in [0.29, 0.717) is 6.29 Å². The third-order valence-electron chi connectivity index (χ3n) is 2.01. The van der Waals surface area contributed by atoms with E-state index in [1.807, 2.05) is 0 Å².